The second-order valence-corrected chi connectivity index (χ2v) is 6.43. The van der Waals surface area contributed by atoms with Gasteiger partial charge < -0.3 is 11.1 Å². The van der Waals surface area contributed by atoms with Gasteiger partial charge in [-0.15, -0.1) is 10.2 Å². The van der Waals surface area contributed by atoms with Gasteiger partial charge in [0.05, 0.1) is 11.6 Å². The quantitative estimate of drug-likeness (QED) is 0.595. The summed E-state index contributed by atoms with van der Waals surface area (Å²) in [7, 11) is 0. The Morgan fingerprint density at radius 1 is 1.12 bits per heavy atom. The third-order valence-electron chi connectivity index (χ3n) is 4.50. The van der Waals surface area contributed by atoms with Crippen molar-refractivity contribution in [3.63, 3.8) is 0 Å². The van der Waals surface area contributed by atoms with E-state index < -0.39 is 0 Å². The Hall–Kier alpha value is -3.25. The fourth-order valence-corrected chi connectivity index (χ4v) is 3.11. The number of amides is 1. The maximum Gasteiger partial charge on any atom is 0.253 e. The lowest BCUT2D eigenvalue weighted by atomic mass is 9.97. The van der Waals surface area contributed by atoms with Gasteiger partial charge in [-0.05, 0) is 41.5 Å². The van der Waals surface area contributed by atoms with Crippen LogP contribution in [0.3, 0.4) is 0 Å². The van der Waals surface area contributed by atoms with Gasteiger partial charge in [0, 0.05) is 12.2 Å². The normalized spacial score (nSPS) is 13.6. The summed E-state index contributed by atoms with van der Waals surface area (Å²) in [5, 5.41) is 13.1. The molecule has 0 saturated heterocycles. The van der Waals surface area contributed by atoms with Gasteiger partial charge in [-0.25, -0.2) is 0 Å². The summed E-state index contributed by atoms with van der Waals surface area (Å²) in [4.78, 5) is 12.7. The van der Waals surface area contributed by atoms with Gasteiger partial charge in [-0.3, -0.25) is 9.20 Å². The molecule has 1 amide bonds. The maximum atomic E-state index is 12.7. The molecule has 4 aromatic rings. The van der Waals surface area contributed by atoms with Crippen LogP contribution in [0.4, 0.5) is 0 Å². The molecule has 0 saturated carbocycles. The average molecular weight is 345 g/mol. The van der Waals surface area contributed by atoms with Gasteiger partial charge in [0.25, 0.3) is 5.91 Å². The first-order chi connectivity index (χ1) is 12.6. The van der Waals surface area contributed by atoms with Crippen LogP contribution in [0, 0.1) is 0 Å². The Morgan fingerprint density at radius 3 is 2.73 bits per heavy atom. The highest BCUT2D eigenvalue weighted by molar-refractivity contribution is 5.94. The van der Waals surface area contributed by atoms with Crippen LogP contribution in [-0.2, 0) is 0 Å². The van der Waals surface area contributed by atoms with E-state index in [0.29, 0.717) is 11.2 Å². The van der Waals surface area contributed by atoms with Gasteiger partial charge in [-0.2, -0.15) is 0 Å². The topological polar surface area (TPSA) is 85.3 Å². The summed E-state index contributed by atoms with van der Waals surface area (Å²) in [6, 6.07) is 17.2. The van der Waals surface area contributed by atoms with E-state index in [1.54, 1.807) is 29.1 Å². The number of aromatic nitrogens is 3. The van der Waals surface area contributed by atoms with E-state index in [2.05, 4.69) is 39.8 Å². The second kappa shape index (κ2) is 6.57. The predicted octanol–water partition coefficient (Wildman–Crippen LogP) is 2.70. The first-order valence-corrected chi connectivity index (χ1v) is 8.46. The van der Waals surface area contributed by atoms with Gasteiger partial charge in [0.15, 0.2) is 5.65 Å². The number of nitrogens with zero attached hydrogens (tertiary/aromatic N) is 3. The highest BCUT2D eigenvalue weighted by Gasteiger charge is 2.20. The van der Waals surface area contributed by atoms with E-state index in [-0.39, 0.29) is 18.0 Å². The van der Waals surface area contributed by atoms with Crippen molar-refractivity contribution in [1.29, 1.82) is 0 Å². The van der Waals surface area contributed by atoms with Crippen molar-refractivity contribution >= 4 is 22.3 Å². The molecule has 2 heterocycles. The Balaban J connectivity index is 1.64. The monoisotopic (exact) mass is 345 g/mol. The van der Waals surface area contributed by atoms with Crippen LogP contribution in [0.1, 0.15) is 28.9 Å². The zero-order chi connectivity index (χ0) is 18.1. The molecule has 0 spiro atoms. The minimum Gasteiger partial charge on any atom is -0.344 e. The molecule has 0 bridgehead atoms. The second-order valence-electron chi connectivity index (χ2n) is 6.43. The number of nitrogens with one attached hydrogen (secondary N) is 1. The number of hydrogen-bond donors (Lipinski definition) is 2. The molecule has 2 unspecified atom stereocenters. The largest absolute Gasteiger partial charge is 0.344 e. The van der Waals surface area contributed by atoms with Gasteiger partial charge in [0.1, 0.15) is 6.33 Å². The van der Waals surface area contributed by atoms with Crippen molar-refractivity contribution in [3.8, 4) is 0 Å². The van der Waals surface area contributed by atoms with Crippen LogP contribution in [-0.4, -0.2) is 26.5 Å². The maximum absolute atomic E-state index is 12.7. The summed E-state index contributed by atoms with van der Waals surface area (Å²) in [5.41, 5.74) is 8.38. The van der Waals surface area contributed by atoms with E-state index in [4.69, 9.17) is 5.73 Å². The van der Waals surface area contributed by atoms with Crippen molar-refractivity contribution in [3.05, 3.63) is 78.2 Å². The molecular formula is C20H19N5O. The Morgan fingerprint density at radius 2 is 1.92 bits per heavy atom. The molecule has 0 aliphatic carbocycles. The van der Waals surface area contributed by atoms with E-state index in [0.717, 1.165) is 16.3 Å². The molecule has 26 heavy (non-hydrogen) atoms. The third-order valence-corrected chi connectivity index (χ3v) is 4.50. The van der Waals surface area contributed by atoms with E-state index in [9.17, 15) is 4.79 Å². The fraction of sp³-hybridized carbons (Fsp3) is 0.150. The highest BCUT2D eigenvalue weighted by Crippen LogP contribution is 2.22. The number of carbonyl (C=O) groups excluding carboxylic acids is 1. The molecule has 6 nitrogen and oxygen atoms in total. The van der Waals surface area contributed by atoms with Gasteiger partial charge in [0.2, 0.25) is 0 Å². The Bertz CT molecular complexity index is 1090. The van der Waals surface area contributed by atoms with Crippen LogP contribution >= 0.6 is 0 Å². The van der Waals surface area contributed by atoms with Crippen molar-refractivity contribution in [2.24, 2.45) is 5.73 Å². The van der Waals surface area contributed by atoms with Crippen molar-refractivity contribution < 1.29 is 4.79 Å². The van der Waals surface area contributed by atoms with E-state index in [1.807, 2.05) is 25.1 Å². The molecule has 130 valence electrons. The van der Waals surface area contributed by atoms with Gasteiger partial charge >= 0.3 is 0 Å². The summed E-state index contributed by atoms with van der Waals surface area (Å²) in [6.07, 6.45) is 3.28. The summed E-state index contributed by atoms with van der Waals surface area (Å²) in [6.45, 7) is 1.89. The number of carbonyl (C=O) groups is 1. The average Bonchev–Trinajstić information content (AvgIpc) is 3.13. The smallest absolute Gasteiger partial charge is 0.253 e. The molecule has 2 aromatic heterocycles. The number of benzene rings is 2. The van der Waals surface area contributed by atoms with Crippen LogP contribution in [0.15, 0.2) is 67.1 Å². The molecule has 0 radical (unpaired) electrons. The lowest BCUT2D eigenvalue weighted by Gasteiger charge is -2.23. The lowest BCUT2D eigenvalue weighted by molar-refractivity contribution is 0.0931. The molecular weight excluding hydrogens is 326 g/mol. The molecule has 0 fully saturated rings. The van der Waals surface area contributed by atoms with E-state index >= 15 is 0 Å². The summed E-state index contributed by atoms with van der Waals surface area (Å²) >= 11 is 0. The third kappa shape index (κ3) is 3.02. The van der Waals surface area contributed by atoms with Crippen LogP contribution in [0.25, 0.3) is 16.4 Å². The Kier molecular flexibility index (Phi) is 4.10. The SMILES string of the molecule is CC(N)C(NC(=O)c1ccc2nncn2c1)c1ccc2ccccc2c1. The zero-order valence-electron chi connectivity index (χ0n) is 14.3. The molecule has 2 atom stereocenters. The predicted molar refractivity (Wildman–Crippen MR) is 101 cm³/mol. The van der Waals surface area contributed by atoms with Gasteiger partial charge in [-0.1, -0.05) is 36.4 Å². The first-order valence-electron chi connectivity index (χ1n) is 8.46. The molecule has 4 rings (SSSR count). The minimum absolute atomic E-state index is 0.184. The standard InChI is InChI=1S/C20H19N5O/c1-13(21)19(16-7-6-14-4-2-3-5-15(14)10-16)23-20(26)17-8-9-18-24-22-12-25(18)11-17/h2-13,19H,21H2,1H3,(H,23,26). The van der Waals surface area contributed by atoms with E-state index in [1.165, 1.54) is 0 Å². The number of hydrogen-bond acceptors (Lipinski definition) is 4. The van der Waals surface area contributed by atoms with Crippen LogP contribution in [0.2, 0.25) is 0 Å². The molecule has 0 aliphatic heterocycles. The summed E-state index contributed by atoms with van der Waals surface area (Å²) in [5.74, 6) is -0.184. The van der Waals surface area contributed by atoms with Crippen LogP contribution < -0.4 is 11.1 Å². The molecule has 6 heteroatoms. The van der Waals surface area contributed by atoms with Crippen molar-refractivity contribution in [1.82, 2.24) is 19.9 Å². The highest BCUT2D eigenvalue weighted by atomic mass is 16.1. The summed E-state index contributed by atoms with van der Waals surface area (Å²) < 4.78 is 1.71. The van der Waals surface area contributed by atoms with Crippen molar-refractivity contribution in [2.45, 2.75) is 19.0 Å². The minimum atomic E-state index is -0.288. The molecule has 0 aliphatic rings. The number of pyridine rings is 1. The number of fused-ring (bicyclic) bond motifs is 2. The molecule has 3 N–H and O–H groups in total. The first kappa shape index (κ1) is 16.2. The number of rotatable bonds is 4. The molecule has 2 aromatic carbocycles. The number of nitrogens with two attached hydrogens (primary N) is 1. The fourth-order valence-electron chi connectivity index (χ4n) is 3.11. The van der Waals surface area contributed by atoms with Crippen molar-refractivity contribution in [2.75, 3.05) is 0 Å². The Labute approximate surface area is 150 Å². The zero-order valence-corrected chi connectivity index (χ0v) is 14.3. The van der Waals surface area contributed by atoms with Crippen LogP contribution in [0.5, 0.6) is 0 Å². The lowest BCUT2D eigenvalue weighted by Crippen LogP contribution is -2.39.